The fraction of sp³-hybridized carbons (Fsp3) is 0.345. The third kappa shape index (κ3) is 5.80. The molecule has 9 heteroatoms. The Bertz CT molecular complexity index is 1430. The Labute approximate surface area is 221 Å². The van der Waals surface area contributed by atoms with Crippen LogP contribution >= 0.6 is 8.58 Å². The number of allylic oxidation sites excluding steroid dienone is 3. The molecule has 1 fully saturated rings. The molecule has 3 aromatic rings. The smallest absolute Gasteiger partial charge is 0.303 e. The third-order valence-corrected chi connectivity index (χ3v) is 8.38. The predicted molar refractivity (Wildman–Crippen MR) is 148 cm³/mol. The molecule has 4 nitrogen and oxygen atoms in total. The van der Waals surface area contributed by atoms with E-state index in [2.05, 4.69) is 18.9 Å². The van der Waals surface area contributed by atoms with Gasteiger partial charge in [-0.1, -0.05) is 52.9 Å². The minimum atomic E-state index is -3.80. The van der Waals surface area contributed by atoms with Gasteiger partial charge in [0.15, 0.2) is 0 Å². The number of hydrogen-bond acceptors (Lipinski definition) is 3. The van der Waals surface area contributed by atoms with Crippen LogP contribution in [-0.2, 0) is 13.0 Å². The molecule has 3 unspecified atom stereocenters. The van der Waals surface area contributed by atoms with Gasteiger partial charge < -0.3 is 10.8 Å². The van der Waals surface area contributed by atoms with Crippen molar-refractivity contribution in [1.82, 2.24) is 9.78 Å². The number of alkyl halides is 2. The Morgan fingerprint density at radius 2 is 1.95 bits per heavy atom. The molecule has 1 heterocycles. The Morgan fingerprint density at radius 3 is 2.61 bits per heavy atom. The van der Waals surface area contributed by atoms with Crippen molar-refractivity contribution in [1.29, 1.82) is 10.8 Å². The zero-order valence-electron chi connectivity index (χ0n) is 21.5. The topological polar surface area (TPSA) is 65.5 Å². The molecule has 0 amide bonds. The Morgan fingerprint density at radius 1 is 1.18 bits per heavy atom. The maximum atomic E-state index is 14.8. The van der Waals surface area contributed by atoms with E-state index in [1.807, 2.05) is 12.1 Å². The van der Waals surface area contributed by atoms with Crippen molar-refractivity contribution >= 4 is 36.2 Å². The van der Waals surface area contributed by atoms with Crippen molar-refractivity contribution in [2.75, 3.05) is 0 Å². The molecule has 1 saturated carbocycles. The molecule has 200 valence electrons. The van der Waals surface area contributed by atoms with Gasteiger partial charge in [-0.25, -0.2) is 8.78 Å². The van der Waals surface area contributed by atoms with E-state index in [0.717, 1.165) is 23.4 Å². The molecule has 0 spiro atoms. The Hall–Kier alpha value is -3.12. The summed E-state index contributed by atoms with van der Waals surface area (Å²) in [5.74, 6) is -2.04. The highest BCUT2D eigenvalue weighted by atomic mass is 31.1. The summed E-state index contributed by atoms with van der Waals surface area (Å²) < 4.78 is 60.4. The van der Waals surface area contributed by atoms with Crippen molar-refractivity contribution < 1.29 is 17.6 Å². The van der Waals surface area contributed by atoms with Crippen molar-refractivity contribution in [3.05, 3.63) is 83.3 Å². The zero-order valence-corrected chi connectivity index (χ0v) is 22.5. The summed E-state index contributed by atoms with van der Waals surface area (Å²) in [4.78, 5) is 0. The second kappa shape index (κ2) is 11.3. The lowest BCUT2D eigenvalue weighted by atomic mass is 9.67. The molecule has 0 bridgehead atoms. The van der Waals surface area contributed by atoms with Crippen LogP contribution in [0.2, 0.25) is 0 Å². The van der Waals surface area contributed by atoms with Gasteiger partial charge in [-0.15, -0.1) is 0 Å². The SMILES string of the molecule is CC(c1ccc(P/C=C\C(=N)/C=C/CC(=N)C(F)(F)c2ccc3nn(C)cc3c2F)cc1F)C1CC[C@H]1C. The van der Waals surface area contributed by atoms with Crippen LogP contribution in [0.25, 0.3) is 10.9 Å². The normalized spacial score (nSPS) is 19.1. The molecule has 0 radical (unpaired) electrons. The van der Waals surface area contributed by atoms with E-state index < -0.39 is 29.4 Å². The first kappa shape index (κ1) is 27.9. The van der Waals surface area contributed by atoms with E-state index >= 15 is 0 Å². The molecule has 0 saturated heterocycles. The molecule has 2 N–H and O–H groups in total. The molecule has 1 aliphatic carbocycles. The van der Waals surface area contributed by atoms with Gasteiger partial charge in [0.2, 0.25) is 0 Å². The van der Waals surface area contributed by atoms with Crippen molar-refractivity contribution in [2.45, 2.75) is 45.0 Å². The van der Waals surface area contributed by atoms with Crippen LogP contribution in [0.5, 0.6) is 0 Å². The van der Waals surface area contributed by atoms with Crippen LogP contribution < -0.4 is 5.30 Å². The van der Waals surface area contributed by atoms with Crippen LogP contribution in [-0.4, -0.2) is 21.2 Å². The van der Waals surface area contributed by atoms with E-state index in [4.69, 9.17) is 10.8 Å². The summed E-state index contributed by atoms with van der Waals surface area (Å²) in [6, 6.07) is 7.57. The van der Waals surface area contributed by atoms with Gasteiger partial charge in [-0.2, -0.15) is 13.9 Å². The zero-order chi connectivity index (χ0) is 27.6. The number of aromatic nitrogens is 2. The quantitative estimate of drug-likeness (QED) is 0.155. The molecule has 4 atom stereocenters. The number of benzene rings is 2. The standard InChI is InChI=1S/C29H31F4N4P/c1-17-7-9-21(17)18(2)22-10-8-20(15-25(22)30)38-14-13-19(34)5-4-6-27(35)29(32,33)24-11-12-26-23(28(24)31)16-37(3)36-26/h4-5,8,10-18,21,34-35,38H,6-7,9H2,1-3H3/b5-4+,14-13-,34-19?,35-27?/t17-,18?,21?/m1/s1. The van der Waals surface area contributed by atoms with E-state index in [1.165, 1.54) is 41.6 Å². The maximum Gasteiger partial charge on any atom is 0.313 e. The fourth-order valence-electron chi connectivity index (χ4n) is 4.95. The van der Waals surface area contributed by atoms with Gasteiger partial charge in [0.25, 0.3) is 0 Å². The average Bonchev–Trinajstić information content (AvgIpc) is 3.24. The van der Waals surface area contributed by atoms with Gasteiger partial charge in [-0.3, -0.25) is 4.68 Å². The Kier molecular flexibility index (Phi) is 8.31. The second-order valence-electron chi connectivity index (χ2n) is 10.00. The average molecular weight is 543 g/mol. The van der Waals surface area contributed by atoms with Crippen molar-refractivity contribution in [3.63, 3.8) is 0 Å². The molecule has 2 aromatic carbocycles. The summed E-state index contributed by atoms with van der Waals surface area (Å²) in [6.07, 6.45) is 7.32. The van der Waals surface area contributed by atoms with E-state index in [-0.39, 0.29) is 36.9 Å². The summed E-state index contributed by atoms with van der Waals surface area (Å²) >= 11 is 0. The van der Waals surface area contributed by atoms with E-state index in [1.54, 1.807) is 18.9 Å². The highest BCUT2D eigenvalue weighted by Gasteiger charge is 2.39. The number of halogens is 4. The minimum Gasteiger partial charge on any atom is -0.303 e. The Balaban J connectivity index is 1.32. The second-order valence-corrected chi connectivity index (χ2v) is 11.2. The lowest BCUT2D eigenvalue weighted by Crippen LogP contribution is -2.28. The highest BCUT2D eigenvalue weighted by molar-refractivity contribution is 7.50. The van der Waals surface area contributed by atoms with Gasteiger partial charge in [-0.05, 0) is 65.4 Å². The van der Waals surface area contributed by atoms with Gasteiger partial charge in [0.05, 0.1) is 27.9 Å². The molecule has 1 aromatic heterocycles. The van der Waals surface area contributed by atoms with Crippen molar-refractivity contribution in [3.8, 4) is 0 Å². The maximum absolute atomic E-state index is 14.8. The molecule has 1 aliphatic rings. The number of hydrogen-bond donors (Lipinski definition) is 2. The molecule has 38 heavy (non-hydrogen) atoms. The van der Waals surface area contributed by atoms with E-state index in [9.17, 15) is 17.6 Å². The summed E-state index contributed by atoms with van der Waals surface area (Å²) in [7, 11) is 1.71. The first-order valence-electron chi connectivity index (χ1n) is 12.5. The largest absolute Gasteiger partial charge is 0.313 e. The van der Waals surface area contributed by atoms with Crippen LogP contribution in [0.15, 0.2) is 60.6 Å². The van der Waals surface area contributed by atoms with Crippen molar-refractivity contribution in [2.24, 2.45) is 18.9 Å². The van der Waals surface area contributed by atoms with Gasteiger partial charge >= 0.3 is 5.92 Å². The molecular weight excluding hydrogens is 511 g/mol. The highest BCUT2D eigenvalue weighted by Crippen LogP contribution is 2.44. The predicted octanol–water partition coefficient (Wildman–Crippen LogP) is 7.60. The fourth-order valence-corrected chi connectivity index (χ4v) is 5.80. The number of aryl methyl sites for hydroxylation is 1. The molecule has 4 rings (SSSR count). The number of rotatable bonds is 10. The lowest BCUT2D eigenvalue weighted by molar-refractivity contribution is 0.0693. The summed E-state index contributed by atoms with van der Waals surface area (Å²) in [5, 5.41) is 20.6. The monoisotopic (exact) mass is 542 g/mol. The summed E-state index contributed by atoms with van der Waals surface area (Å²) in [5.41, 5.74) is -0.790. The molecule has 0 aliphatic heterocycles. The van der Waals surface area contributed by atoms with Gasteiger partial charge in [0, 0.05) is 19.7 Å². The third-order valence-electron chi connectivity index (χ3n) is 7.41. The van der Waals surface area contributed by atoms with Crippen LogP contribution in [0, 0.1) is 34.3 Å². The minimum absolute atomic E-state index is 0.0299. The first-order chi connectivity index (χ1) is 18.0. The van der Waals surface area contributed by atoms with Crippen LogP contribution in [0.4, 0.5) is 17.6 Å². The first-order valence-corrected chi connectivity index (χ1v) is 13.6. The van der Waals surface area contributed by atoms with Gasteiger partial charge in [0.1, 0.15) is 11.6 Å². The van der Waals surface area contributed by atoms with E-state index in [0.29, 0.717) is 11.8 Å². The molecular formula is C29H31F4N4P. The number of nitrogens with one attached hydrogen (secondary N) is 2. The lowest BCUT2D eigenvalue weighted by Gasteiger charge is -2.38. The van der Waals surface area contributed by atoms with Crippen LogP contribution in [0.1, 0.15) is 50.2 Å². The number of fused-ring (bicyclic) bond motifs is 1. The summed E-state index contributed by atoms with van der Waals surface area (Å²) in [6.45, 7) is 4.29. The number of nitrogens with zero attached hydrogens (tertiary/aromatic N) is 2. The van der Waals surface area contributed by atoms with Crippen LogP contribution in [0.3, 0.4) is 0 Å².